The van der Waals surface area contributed by atoms with E-state index in [2.05, 4.69) is 4.85 Å². The number of hydrogen-bond donors (Lipinski definition) is 1. The molecular formula is C28H21F3N2O2. The first-order valence-corrected chi connectivity index (χ1v) is 10.8. The van der Waals surface area contributed by atoms with Gasteiger partial charge in [-0.05, 0) is 65.9 Å². The lowest BCUT2D eigenvalue weighted by Crippen LogP contribution is -2.25. The molecule has 1 aromatic heterocycles. The van der Waals surface area contributed by atoms with Gasteiger partial charge in [-0.3, -0.25) is 4.79 Å². The van der Waals surface area contributed by atoms with Gasteiger partial charge in [-0.25, -0.2) is 4.85 Å². The van der Waals surface area contributed by atoms with Crippen molar-refractivity contribution < 1.29 is 18.3 Å². The van der Waals surface area contributed by atoms with Crippen molar-refractivity contribution in [1.82, 2.24) is 4.57 Å². The van der Waals surface area contributed by atoms with Gasteiger partial charge in [-0.2, -0.15) is 13.2 Å². The first-order chi connectivity index (χ1) is 16.6. The Morgan fingerprint density at radius 2 is 1.60 bits per heavy atom. The van der Waals surface area contributed by atoms with E-state index in [1.54, 1.807) is 36.4 Å². The summed E-state index contributed by atoms with van der Waals surface area (Å²) in [5, 5.41) is 9.57. The fourth-order valence-electron chi connectivity index (χ4n) is 4.06. The summed E-state index contributed by atoms with van der Waals surface area (Å²) in [6.07, 6.45) is -4.86. The zero-order valence-corrected chi connectivity index (χ0v) is 19.0. The molecule has 7 heteroatoms. The van der Waals surface area contributed by atoms with Gasteiger partial charge in [0.15, 0.2) is 0 Å². The normalized spacial score (nSPS) is 11.3. The van der Waals surface area contributed by atoms with E-state index in [9.17, 15) is 23.1 Å². The monoisotopic (exact) mass is 474 g/mol. The van der Waals surface area contributed by atoms with Crippen LogP contribution in [-0.4, -0.2) is 9.67 Å². The maximum absolute atomic E-state index is 13.8. The van der Waals surface area contributed by atoms with Crippen molar-refractivity contribution in [2.24, 2.45) is 0 Å². The average Bonchev–Trinajstić information content (AvgIpc) is 2.81. The summed E-state index contributed by atoms with van der Waals surface area (Å²) in [6, 6.07) is 19.8. The van der Waals surface area contributed by atoms with Crippen molar-refractivity contribution in [2.75, 3.05) is 0 Å². The van der Waals surface area contributed by atoms with Crippen LogP contribution in [-0.2, 0) is 12.7 Å². The maximum Gasteiger partial charge on any atom is 0.407 e. The molecule has 35 heavy (non-hydrogen) atoms. The molecule has 0 fully saturated rings. The minimum atomic E-state index is -4.86. The Balaban J connectivity index is 1.97. The number of phenolic OH excluding ortho intramolecular Hbond substituents is 1. The molecule has 0 unspecified atom stereocenters. The number of nitrogens with zero attached hydrogens (tertiary/aromatic N) is 2. The highest BCUT2D eigenvalue weighted by atomic mass is 19.4. The number of aryl methyl sites for hydroxylation is 2. The van der Waals surface area contributed by atoms with E-state index >= 15 is 0 Å². The van der Waals surface area contributed by atoms with Crippen LogP contribution in [0.1, 0.15) is 22.3 Å². The predicted molar refractivity (Wildman–Crippen MR) is 130 cm³/mol. The molecule has 176 valence electrons. The van der Waals surface area contributed by atoms with Crippen LogP contribution in [0.25, 0.3) is 27.2 Å². The highest BCUT2D eigenvalue weighted by molar-refractivity contribution is 5.73. The molecule has 1 N–H and O–H groups in total. The van der Waals surface area contributed by atoms with Crippen LogP contribution < -0.4 is 5.56 Å². The second kappa shape index (κ2) is 9.15. The van der Waals surface area contributed by atoms with Crippen molar-refractivity contribution in [3.63, 3.8) is 0 Å². The third-order valence-electron chi connectivity index (χ3n) is 5.88. The topological polar surface area (TPSA) is 46.6 Å². The van der Waals surface area contributed by atoms with Crippen LogP contribution >= 0.6 is 0 Å². The number of benzene rings is 3. The lowest BCUT2D eigenvalue weighted by molar-refractivity contribution is -0.136. The highest BCUT2D eigenvalue weighted by Crippen LogP contribution is 2.38. The van der Waals surface area contributed by atoms with E-state index in [4.69, 9.17) is 6.57 Å². The molecule has 0 atom stereocenters. The van der Waals surface area contributed by atoms with Gasteiger partial charge < -0.3 is 9.67 Å². The molecule has 0 radical (unpaired) electrons. The Kier molecular flexibility index (Phi) is 6.23. The first-order valence-electron chi connectivity index (χ1n) is 10.8. The number of alkyl halides is 3. The molecule has 0 aliphatic carbocycles. The number of aromatic nitrogens is 1. The molecule has 4 rings (SSSR count). The summed E-state index contributed by atoms with van der Waals surface area (Å²) in [7, 11) is 0. The fourth-order valence-corrected chi connectivity index (χ4v) is 4.06. The van der Waals surface area contributed by atoms with Gasteiger partial charge in [0.25, 0.3) is 11.2 Å². The van der Waals surface area contributed by atoms with Crippen LogP contribution in [0.3, 0.4) is 0 Å². The van der Waals surface area contributed by atoms with Gasteiger partial charge in [0.05, 0.1) is 18.7 Å². The standard InChI is InChI=1S/C28H21F3N2O2/c1-17-7-8-22(18(2)13-17)16-33-25(15-24(28(29,30)31)26(32-3)27(33)35)21-6-4-5-20(14-21)19-9-11-23(34)12-10-19/h4-15,34H,16H2,1-2H3. The summed E-state index contributed by atoms with van der Waals surface area (Å²) in [5.74, 6) is 0.0942. The van der Waals surface area contributed by atoms with Crippen LogP contribution in [0.5, 0.6) is 5.75 Å². The lowest BCUT2D eigenvalue weighted by Gasteiger charge is -2.19. The summed E-state index contributed by atoms with van der Waals surface area (Å²) in [4.78, 5) is 16.2. The Labute approximate surface area is 200 Å². The zero-order valence-electron chi connectivity index (χ0n) is 19.0. The molecule has 4 nitrogen and oxygen atoms in total. The molecule has 1 heterocycles. The molecule has 4 aromatic rings. The molecule has 0 bridgehead atoms. The largest absolute Gasteiger partial charge is 0.508 e. The summed E-state index contributed by atoms with van der Waals surface area (Å²) in [5.41, 5.74) is 1.43. The Hall–Kier alpha value is -4.31. The van der Waals surface area contributed by atoms with E-state index in [1.807, 2.05) is 32.0 Å². The zero-order chi connectivity index (χ0) is 25.3. The van der Waals surface area contributed by atoms with Gasteiger partial charge in [0.1, 0.15) is 5.75 Å². The second-order valence-corrected chi connectivity index (χ2v) is 8.35. The third-order valence-corrected chi connectivity index (χ3v) is 5.88. The van der Waals surface area contributed by atoms with E-state index < -0.39 is 23.0 Å². The van der Waals surface area contributed by atoms with E-state index in [0.29, 0.717) is 11.1 Å². The van der Waals surface area contributed by atoms with Gasteiger partial charge in [-0.1, -0.05) is 54.1 Å². The Morgan fingerprint density at radius 3 is 2.23 bits per heavy atom. The molecular weight excluding hydrogens is 453 g/mol. The number of halogens is 3. The Bertz CT molecular complexity index is 1510. The molecule has 0 aliphatic heterocycles. The smallest absolute Gasteiger partial charge is 0.407 e. The number of rotatable bonds is 4. The highest BCUT2D eigenvalue weighted by Gasteiger charge is 2.36. The van der Waals surface area contributed by atoms with Crippen LogP contribution in [0.4, 0.5) is 18.9 Å². The van der Waals surface area contributed by atoms with E-state index in [1.165, 1.54) is 16.7 Å². The molecule has 0 spiro atoms. The summed E-state index contributed by atoms with van der Waals surface area (Å²) < 4.78 is 42.8. The minimum Gasteiger partial charge on any atom is -0.508 e. The van der Waals surface area contributed by atoms with Crippen LogP contribution in [0.2, 0.25) is 0 Å². The maximum atomic E-state index is 13.8. The SMILES string of the molecule is [C-]#[N+]c1c(C(F)(F)F)cc(-c2cccc(-c3ccc(O)cc3)c2)n(Cc2ccc(C)cc2C)c1=O. The molecule has 0 saturated heterocycles. The van der Waals surface area contributed by atoms with E-state index in [-0.39, 0.29) is 18.0 Å². The number of phenols is 1. The van der Waals surface area contributed by atoms with Crippen molar-refractivity contribution in [3.05, 3.63) is 117 Å². The van der Waals surface area contributed by atoms with Gasteiger partial charge in [0.2, 0.25) is 0 Å². The van der Waals surface area contributed by atoms with Gasteiger partial charge in [0, 0.05) is 5.69 Å². The van der Waals surface area contributed by atoms with Gasteiger partial charge in [-0.15, -0.1) is 0 Å². The number of hydrogen-bond acceptors (Lipinski definition) is 2. The molecule has 3 aromatic carbocycles. The average molecular weight is 474 g/mol. The third kappa shape index (κ3) is 4.82. The minimum absolute atomic E-state index is 0.0182. The van der Waals surface area contributed by atoms with Crippen molar-refractivity contribution in [3.8, 4) is 28.1 Å². The lowest BCUT2D eigenvalue weighted by atomic mass is 9.99. The summed E-state index contributed by atoms with van der Waals surface area (Å²) in [6.45, 7) is 11.1. The quantitative estimate of drug-likeness (QED) is 0.320. The Morgan fingerprint density at radius 1 is 0.914 bits per heavy atom. The molecule has 0 aliphatic rings. The van der Waals surface area contributed by atoms with Crippen LogP contribution in [0.15, 0.2) is 77.6 Å². The summed E-state index contributed by atoms with van der Waals surface area (Å²) >= 11 is 0. The molecule has 0 amide bonds. The number of pyridine rings is 1. The van der Waals surface area contributed by atoms with Crippen molar-refractivity contribution >= 4 is 5.69 Å². The molecule has 0 saturated carbocycles. The second-order valence-electron chi connectivity index (χ2n) is 8.35. The van der Waals surface area contributed by atoms with E-state index in [0.717, 1.165) is 28.3 Å². The van der Waals surface area contributed by atoms with Crippen molar-refractivity contribution in [2.45, 2.75) is 26.6 Å². The predicted octanol–water partition coefficient (Wildman–Crippen LogP) is 7.12. The fraction of sp³-hybridized carbons (Fsp3) is 0.143. The van der Waals surface area contributed by atoms with Gasteiger partial charge >= 0.3 is 6.18 Å². The van der Waals surface area contributed by atoms with Crippen molar-refractivity contribution in [1.29, 1.82) is 0 Å². The first kappa shape index (κ1) is 23.8. The number of aromatic hydroxyl groups is 1. The van der Waals surface area contributed by atoms with Crippen LogP contribution in [0, 0.1) is 20.4 Å².